The summed E-state index contributed by atoms with van der Waals surface area (Å²) in [5.74, 6) is -0.00223. The Morgan fingerprint density at radius 2 is 2.07 bits per heavy atom. The zero-order valence-electron chi connectivity index (χ0n) is 16.6. The van der Waals surface area contributed by atoms with Crippen LogP contribution in [0.3, 0.4) is 0 Å². The van der Waals surface area contributed by atoms with E-state index in [2.05, 4.69) is 38.8 Å². The number of nitrogens with zero attached hydrogens (tertiary/aromatic N) is 1. The third-order valence-electron chi connectivity index (χ3n) is 6.12. The van der Waals surface area contributed by atoms with E-state index in [0.29, 0.717) is 13.0 Å². The van der Waals surface area contributed by atoms with Crippen LogP contribution in [0.5, 0.6) is 0 Å². The van der Waals surface area contributed by atoms with Gasteiger partial charge in [-0.1, -0.05) is 20.8 Å². The standard InChI is InChI=1S/C18H30N2O6Si/c1-18(2,3)27(4,5)26-14-10-24-12-8-11(14)13(9-21)25-16(12)20-7-6-15(22)19-17(20)23/h6-7,11-14,16,21H,8-10H2,1-5H3,(H,19,22,23)/t11-,12-,13?,14?,16+/m0/s1. The molecule has 2 bridgehead atoms. The molecule has 0 radical (unpaired) electrons. The minimum atomic E-state index is -2.00. The number of hydrogen-bond donors (Lipinski definition) is 2. The molecule has 0 spiro atoms. The van der Waals surface area contributed by atoms with Crippen molar-refractivity contribution in [2.75, 3.05) is 13.2 Å². The highest BCUT2D eigenvalue weighted by atomic mass is 28.4. The van der Waals surface area contributed by atoms with Crippen molar-refractivity contribution in [1.29, 1.82) is 0 Å². The maximum atomic E-state index is 12.1. The quantitative estimate of drug-likeness (QED) is 0.740. The van der Waals surface area contributed by atoms with Gasteiger partial charge in [-0.05, 0) is 24.6 Å². The summed E-state index contributed by atoms with van der Waals surface area (Å²) in [5.41, 5.74) is -1.01. The van der Waals surface area contributed by atoms with Crippen LogP contribution >= 0.6 is 0 Å². The first-order chi connectivity index (χ1) is 12.5. The fraction of sp³-hybridized carbons (Fsp3) is 0.778. The Balaban J connectivity index is 1.82. The van der Waals surface area contributed by atoms with E-state index in [0.717, 1.165) is 0 Å². The molecule has 2 unspecified atom stereocenters. The van der Waals surface area contributed by atoms with Gasteiger partial charge in [0.25, 0.3) is 5.56 Å². The van der Waals surface area contributed by atoms with Crippen LogP contribution in [0.2, 0.25) is 18.1 Å². The molecule has 152 valence electrons. The molecule has 27 heavy (non-hydrogen) atoms. The molecule has 2 aliphatic heterocycles. The van der Waals surface area contributed by atoms with E-state index < -0.39 is 31.9 Å². The molecule has 0 aromatic carbocycles. The van der Waals surface area contributed by atoms with Gasteiger partial charge >= 0.3 is 5.69 Å². The highest BCUT2D eigenvalue weighted by molar-refractivity contribution is 6.74. The summed E-state index contributed by atoms with van der Waals surface area (Å²) in [4.78, 5) is 25.7. The van der Waals surface area contributed by atoms with E-state index in [1.165, 1.54) is 16.8 Å². The first kappa shape index (κ1) is 20.5. The molecule has 2 N–H and O–H groups in total. The van der Waals surface area contributed by atoms with Gasteiger partial charge < -0.3 is 19.0 Å². The number of hydrogen-bond acceptors (Lipinski definition) is 6. The molecule has 1 aromatic rings. The van der Waals surface area contributed by atoms with Crippen LogP contribution < -0.4 is 11.2 Å². The van der Waals surface area contributed by atoms with Crippen molar-refractivity contribution in [2.24, 2.45) is 5.92 Å². The lowest BCUT2D eigenvalue weighted by molar-refractivity contribution is -0.254. The fourth-order valence-corrected chi connectivity index (χ4v) is 4.87. The topological polar surface area (TPSA) is 103 Å². The second-order valence-electron chi connectivity index (χ2n) is 8.95. The summed E-state index contributed by atoms with van der Waals surface area (Å²) in [7, 11) is -2.00. The van der Waals surface area contributed by atoms with Gasteiger partial charge in [0.05, 0.1) is 25.4 Å². The van der Waals surface area contributed by atoms with Crippen LogP contribution in [0, 0.1) is 5.92 Å². The highest BCUT2D eigenvalue weighted by Gasteiger charge is 2.50. The Bertz CT molecular complexity index is 783. The molecule has 2 saturated heterocycles. The van der Waals surface area contributed by atoms with Gasteiger partial charge in [0, 0.05) is 18.2 Å². The third-order valence-corrected chi connectivity index (χ3v) is 10.6. The first-order valence-corrected chi connectivity index (χ1v) is 12.3. The van der Waals surface area contributed by atoms with Crippen molar-refractivity contribution < 1.29 is 19.0 Å². The van der Waals surface area contributed by atoms with Crippen LogP contribution in [0.4, 0.5) is 0 Å². The molecule has 9 heteroatoms. The van der Waals surface area contributed by atoms with E-state index in [-0.39, 0.29) is 29.8 Å². The Kier molecular flexibility index (Phi) is 5.52. The molecule has 0 saturated carbocycles. The van der Waals surface area contributed by atoms with Crippen molar-refractivity contribution >= 4 is 8.32 Å². The first-order valence-electron chi connectivity index (χ1n) is 9.41. The Labute approximate surface area is 159 Å². The molecular weight excluding hydrogens is 368 g/mol. The number of H-pyrrole nitrogens is 1. The average Bonchev–Trinajstić information content (AvgIpc) is 2.57. The Morgan fingerprint density at radius 3 is 2.67 bits per heavy atom. The molecule has 3 heterocycles. The number of aliphatic hydroxyl groups excluding tert-OH is 1. The Hall–Kier alpha value is -1.26. The number of fused-ring (bicyclic) bond motifs is 2. The zero-order chi connectivity index (χ0) is 20.0. The van der Waals surface area contributed by atoms with Gasteiger partial charge in [-0.15, -0.1) is 0 Å². The number of ether oxygens (including phenoxy) is 2. The molecule has 5 atom stereocenters. The molecule has 0 amide bonds. The van der Waals surface area contributed by atoms with Crippen LogP contribution in [0.1, 0.15) is 33.4 Å². The van der Waals surface area contributed by atoms with Crippen LogP contribution in [-0.4, -0.2) is 54.5 Å². The average molecular weight is 399 g/mol. The predicted molar refractivity (Wildman–Crippen MR) is 102 cm³/mol. The number of rotatable bonds is 4. The summed E-state index contributed by atoms with van der Waals surface area (Å²) < 4.78 is 19.9. The number of aliphatic hydroxyl groups is 1. The van der Waals surface area contributed by atoms with Crippen LogP contribution in [0.15, 0.2) is 21.9 Å². The van der Waals surface area contributed by atoms with E-state index >= 15 is 0 Å². The summed E-state index contributed by atoms with van der Waals surface area (Å²) >= 11 is 0. The normalized spacial score (nSPS) is 31.7. The van der Waals surface area contributed by atoms with Crippen molar-refractivity contribution in [3.05, 3.63) is 33.1 Å². The van der Waals surface area contributed by atoms with E-state index in [1.54, 1.807) is 0 Å². The number of nitrogens with one attached hydrogen (secondary N) is 1. The second kappa shape index (κ2) is 7.29. The second-order valence-corrected chi connectivity index (χ2v) is 13.7. The lowest BCUT2D eigenvalue weighted by Crippen LogP contribution is -2.58. The highest BCUT2D eigenvalue weighted by Crippen LogP contribution is 2.43. The minimum absolute atomic E-state index is 0.00223. The summed E-state index contributed by atoms with van der Waals surface area (Å²) in [6.45, 7) is 11.2. The van der Waals surface area contributed by atoms with Crippen LogP contribution in [0.25, 0.3) is 0 Å². The predicted octanol–water partition coefficient (Wildman–Crippen LogP) is 1.22. The van der Waals surface area contributed by atoms with Gasteiger partial charge in [-0.25, -0.2) is 4.79 Å². The van der Waals surface area contributed by atoms with Crippen molar-refractivity contribution in [3.63, 3.8) is 0 Å². The molecule has 8 nitrogen and oxygen atoms in total. The minimum Gasteiger partial charge on any atom is -0.411 e. The molecule has 0 aliphatic carbocycles. The SMILES string of the molecule is CC(C)(C)[Si](C)(C)OC1CO[C@H]2C[C@H]1C(CO)O[C@H]2n1ccc(=O)[nH]c1=O. The van der Waals surface area contributed by atoms with Gasteiger partial charge in [0.1, 0.15) is 6.10 Å². The molecule has 1 aromatic heterocycles. The van der Waals surface area contributed by atoms with Crippen molar-refractivity contribution in [3.8, 4) is 0 Å². The van der Waals surface area contributed by atoms with Crippen molar-refractivity contribution in [1.82, 2.24) is 9.55 Å². The van der Waals surface area contributed by atoms with E-state index in [9.17, 15) is 14.7 Å². The van der Waals surface area contributed by atoms with Gasteiger partial charge in [0.2, 0.25) is 0 Å². The Morgan fingerprint density at radius 1 is 1.37 bits per heavy atom. The van der Waals surface area contributed by atoms with Crippen molar-refractivity contribution in [2.45, 2.75) is 69.9 Å². The van der Waals surface area contributed by atoms with Gasteiger partial charge in [-0.2, -0.15) is 0 Å². The lowest BCUT2D eigenvalue weighted by Gasteiger charge is -2.50. The summed E-state index contributed by atoms with van der Waals surface area (Å²) in [6, 6.07) is 1.27. The molecule has 3 rings (SSSR count). The number of aromatic amines is 1. The largest absolute Gasteiger partial charge is 0.411 e. The summed E-state index contributed by atoms with van der Waals surface area (Å²) in [5, 5.41) is 9.97. The molecule has 2 aliphatic rings. The maximum absolute atomic E-state index is 12.1. The lowest BCUT2D eigenvalue weighted by atomic mass is 9.85. The number of aromatic nitrogens is 2. The maximum Gasteiger partial charge on any atom is 0.330 e. The monoisotopic (exact) mass is 398 g/mol. The van der Waals surface area contributed by atoms with E-state index in [1.807, 2.05) is 0 Å². The van der Waals surface area contributed by atoms with Gasteiger partial charge in [0.15, 0.2) is 14.5 Å². The fourth-order valence-electron chi connectivity index (χ4n) is 3.52. The third kappa shape index (κ3) is 3.97. The van der Waals surface area contributed by atoms with Crippen LogP contribution in [-0.2, 0) is 13.9 Å². The van der Waals surface area contributed by atoms with Gasteiger partial charge in [-0.3, -0.25) is 14.3 Å². The molecule has 2 fully saturated rings. The smallest absolute Gasteiger partial charge is 0.330 e. The van der Waals surface area contributed by atoms with E-state index in [4.69, 9.17) is 13.9 Å². The zero-order valence-corrected chi connectivity index (χ0v) is 17.6. The molecular formula is C18H30N2O6Si. The summed E-state index contributed by atoms with van der Waals surface area (Å²) in [6.07, 6.45) is 0.414.